The van der Waals surface area contributed by atoms with Crippen molar-refractivity contribution in [3.05, 3.63) is 59.9 Å². The molecule has 0 bridgehead atoms. The Balaban J connectivity index is 2.16. The first kappa shape index (κ1) is 13.7. The van der Waals surface area contributed by atoms with E-state index >= 15 is 0 Å². The number of benzene rings is 2. The Hall–Kier alpha value is -2.76. The largest absolute Gasteiger partial charge is 0.465 e. The summed E-state index contributed by atoms with van der Waals surface area (Å²) in [5.41, 5.74) is 3.45. The molecule has 5 nitrogen and oxygen atoms in total. The SMILES string of the molecule is COC(=O)c1ccccc1NN=Nc1ccccc1F. The number of carbonyl (C=O) groups is 1. The highest BCUT2D eigenvalue weighted by atomic mass is 19.1. The lowest BCUT2D eigenvalue weighted by atomic mass is 10.2. The Morgan fingerprint density at radius 1 is 1.15 bits per heavy atom. The van der Waals surface area contributed by atoms with Crippen LogP contribution in [0, 0.1) is 5.82 Å². The molecule has 0 fully saturated rings. The summed E-state index contributed by atoms with van der Waals surface area (Å²) < 4.78 is 18.0. The lowest BCUT2D eigenvalue weighted by Crippen LogP contribution is -2.04. The van der Waals surface area contributed by atoms with Gasteiger partial charge in [0.1, 0.15) is 5.69 Å². The molecule has 1 N–H and O–H groups in total. The van der Waals surface area contributed by atoms with Crippen LogP contribution in [0.5, 0.6) is 0 Å². The van der Waals surface area contributed by atoms with E-state index in [4.69, 9.17) is 0 Å². The fourth-order valence-electron chi connectivity index (χ4n) is 1.53. The Labute approximate surface area is 115 Å². The number of esters is 1. The average Bonchev–Trinajstić information content (AvgIpc) is 2.49. The molecule has 0 amide bonds. The summed E-state index contributed by atoms with van der Waals surface area (Å²) >= 11 is 0. The lowest BCUT2D eigenvalue weighted by Gasteiger charge is -2.05. The number of halogens is 1. The van der Waals surface area contributed by atoms with Crippen molar-refractivity contribution in [3.63, 3.8) is 0 Å². The van der Waals surface area contributed by atoms with Crippen LogP contribution in [0.15, 0.2) is 58.9 Å². The van der Waals surface area contributed by atoms with Crippen molar-refractivity contribution >= 4 is 17.3 Å². The fourth-order valence-corrected chi connectivity index (χ4v) is 1.53. The second kappa shape index (κ2) is 6.42. The number of methoxy groups -OCH3 is 1. The highest BCUT2D eigenvalue weighted by Crippen LogP contribution is 2.19. The van der Waals surface area contributed by atoms with Gasteiger partial charge in [-0.05, 0) is 24.3 Å². The molecule has 0 heterocycles. The zero-order valence-electron chi connectivity index (χ0n) is 10.7. The molecule has 0 aliphatic heterocycles. The molecule has 2 aromatic carbocycles. The summed E-state index contributed by atoms with van der Waals surface area (Å²) in [6.45, 7) is 0. The van der Waals surface area contributed by atoms with Crippen LogP contribution in [-0.4, -0.2) is 13.1 Å². The van der Waals surface area contributed by atoms with Crippen LogP contribution in [-0.2, 0) is 4.74 Å². The van der Waals surface area contributed by atoms with Crippen molar-refractivity contribution < 1.29 is 13.9 Å². The van der Waals surface area contributed by atoms with E-state index < -0.39 is 11.8 Å². The summed E-state index contributed by atoms with van der Waals surface area (Å²) in [6.07, 6.45) is 0. The molecule has 0 atom stereocenters. The van der Waals surface area contributed by atoms with E-state index in [0.717, 1.165) is 0 Å². The van der Waals surface area contributed by atoms with E-state index in [9.17, 15) is 9.18 Å². The molecule has 0 aromatic heterocycles. The Bertz CT molecular complexity index is 644. The van der Waals surface area contributed by atoms with Gasteiger partial charge in [-0.1, -0.05) is 29.5 Å². The third-order valence-corrected chi connectivity index (χ3v) is 2.51. The van der Waals surface area contributed by atoms with Gasteiger partial charge < -0.3 is 4.74 Å². The number of carbonyl (C=O) groups excluding carboxylic acids is 1. The zero-order valence-corrected chi connectivity index (χ0v) is 10.7. The number of nitrogens with zero attached hydrogens (tertiary/aromatic N) is 2. The van der Waals surface area contributed by atoms with Gasteiger partial charge in [0.05, 0.1) is 18.4 Å². The first-order valence-electron chi connectivity index (χ1n) is 5.81. The van der Waals surface area contributed by atoms with E-state index in [1.165, 1.54) is 19.2 Å². The minimum Gasteiger partial charge on any atom is -0.465 e. The molecule has 2 aromatic rings. The molecule has 0 aliphatic rings. The van der Waals surface area contributed by atoms with E-state index in [1.807, 2.05) is 0 Å². The number of nitrogens with one attached hydrogen (secondary N) is 1. The normalized spacial score (nSPS) is 10.5. The average molecular weight is 273 g/mol. The molecule has 20 heavy (non-hydrogen) atoms. The number of anilines is 1. The molecule has 0 saturated heterocycles. The highest BCUT2D eigenvalue weighted by molar-refractivity contribution is 5.95. The van der Waals surface area contributed by atoms with E-state index in [1.54, 1.807) is 36.4 Å². The second-order valence-corrected chi connectivity index (χ2v) is 3.80. The van der Waals surface area contributed by atoms with Crippen molar-refractivity contribution in [3.8, 4) is 0 Å². The van der Waals surface area contributed by atoms with Gasteiger partial charge in [0, 0.05) is 0 Å². The maximum atomic E-state index is 13.3. The number of rotatable bonds is 4. The molecule has 0 spiro atoms. The van der Waals surface area contributed by atoms with Crippen molar-refractivity contribution in [2.75, 3.05) is 12.5 Å². The maximum Gasteiger partial charge on any atom is 0.340 e. The van der Waals surface area contributed by atoms with Crippen LogP contribution in [0.3, 0.4) is 0 Å². The minimum atomic E-state index is -0.491. The summed E-state index contributed by atoms with van der Waals surface area (Å²) in [6, 6.07) is 12.7. The second-order valence-electron chi connectivity index (χ2n) is 3.80. The molecule has 0 radical (unpaired) electrons. The standard InChI is InChI=1S/C14H12FN3O2/c1-20-14(19)10-6-2-4-8-12(10)16-18-17-13-9-5-3-7-11(13)15/h2-9H,1H3,(H,16,17). The van der Waals surface area contributed by atoms with Crippen molar-refractivity contribution in [2.45, 2.75) is 0 Å². The third-order valence-electron chi connectivity index (χ3n) is 2.51. The molecule has 2 rings (SSSR count). The predicted octanol–water partition coefficient (Wildman–Crippen LogP) is 3.72. The van der Waals surface area contributed by atoms with E-state index in [2.05, 4.69) is 20.5 Å². The van der Waals surface area contributed by atoms with Crippen LogP contribution < -0.4 is 5.43 Å². The summed E-state index contributed by atoms with van der Waals surface area (Å²) in [5.74, 6) is -0.964. The number of para-hydroxylation sites is 1. The first-order valence-corrected chi connectivity index (χ1v) is 5.81. The monoisotopic (exact) mass is 273 g/mol. The molecule has 0 aliphatic carbocycles. The molecule has 0 unspecified atom stereocenters. The van der Waals surface area contributed by atoms with Crippen LogP contribution in [0.25, 0.3) is 0 Å². The number of hydrogen-bond acceptors (Lipinski definition) is 4. The molecular weight excluding hydrogens is 261 g/mol. The lowest BCUT2D eigenvalue weighted by molar-refractivity contribution is 0.0602. The highest BCUT2D eigenvalue weighted by Gasteiger charge is 2.10. The van der Waals surface area contributed by atoms with Crippen molar-refractivity contribution in [1.29, 1.82) is 0 Å². The van der Waals surface area contributed by atoms with E-state index in [0.29, 0.717) is 11.3 Å². The molecule has 6 heteroatoms. The van der Waals surface area contributed by atoms with Crippen LogP contribution in [0.1, 0.15) is 10.4 Å². The van der Waals surface area contributed by atoms with Crippen LogP contribution in [0.2, 0.25) is 0 Å². The smallest absolute Gasteiger partial charge is 0.340 e. The summed E-state index contributed by atoms with van der Waals surface area (Å²) in [4.78, 5) is 11.5. The van der Waals surface area contributed by atoms with Crippen LogP contribution in [0.4, 0.5) is 15.8 Å². The predicted molar refractivity (Wildman–Crippen MR) is 72.3 cm³/mol. The fraction of sp³-hybridized carbons (Fsp3) is 0.0714. The van der Waals surface area contributed by atoms with Gasteiger partial charge in [0.25, 0.3) is 0 Å². The maximum absolute atomic E-state index is 13.3. The molecule has 102 valence electrons. The van der Waals surface area contributed by atoms with Gasteiger partial charge in [0.2, 0.25) is 0 Å². The van der Waals surface area contributed by atoms with E-state index in [-0.39, 0.29) is 5.69 Å². The topological polar surface area (TPSA) is 63.0 Å². The van der Waals surface area contributed by atoms with Crippen molar-refractivity contribution in [1.82, 2.24) is 0 Å². The zero-order chi connectivity index (χ0) is 14.4. The van der Waals surface area contributed by atoms with Gasteiger partial charge in [-0.3, -0.25) is 5.43 Å². The quantitative estimate of drug-likeness (QED) is 0.524. The number of ether oxygens (including phenoxy) is 1. The summed E-state index contributed by atoms with van der Waals surface area (Å²) in [5, 5.41) is 7.39. The summed E-state index contributed by atoms with van der Waals surface area (Å²) in [7, 11) is 1.29. The van der Waals surface area contributed by atoms with Crippen molar-refractivity contribution in [2.24, 2.45) is 10.3 Å². The van der Waals surface area contributed by atoms with Gasteiger partial charge in [-0.15, -0.1) is 5.11 Å². The Kier molecular flexibility index (Phi) is 4.39. The molecule has 0 saturated carbocycles. The first-order chi connectivity index (χ1) is 9.72. The minimum absolute atomic E-state index is 0.107. The molecular formula is C14H12FN3O2. The Morgan fingerprint density at radius 2 is 1.85 bits per heavy atom. The van der Waals surface area contributed by atoms with Gasteiger partial charge in [-0.25, -0.2) is 9.18 Å². The third kappa shape index (κ3) is 3.17. The van der Waals surface area contributed by atoms with Gasteiger partial charge in [0.15, 0.2) is 5.82 Å². The van der Waals surface area contributed by atoms with Crippen LogP contribution >= 0.6 is 0 Å². The van der Waals surface area contributed by atoms with Gasteiger partial charge >= 0.3 is 5.97 Å². The Morgan fingerprint density at radius 3 is 2.60 bits per heavy atom. The number of hydrogen-bond donors (Lipinski definition) is 1. The van der Waals surface area contributed by atoms with Gasteiger partial charge in [-0.2, -0.15) is 0 Å².